The zero-order chi connectivity index (χ0) is 23.4. The second-order valence-corrected chi connectivity index (χ2v) is 6.58. The Morgan fingerprint density at radius 2 is 1.42 bits per heavy atom. The number of amides is 2. The molecule has 0 saturated heterocycles. The van der Waals surface area contributed by atoms with Crippen molar-refractivity contribution in [1.29, 1.82) is 0 Å². The Kier molecular flexibility index (Phi) is 10.4. The number of primary amides is 1. The highest BCUT2D eigenvalue weighted by molar-refractivity contribution is 6.02. The summed E-state index contributed by atoms with van der Waals surface area (Å²) in [7, 11) is 3.76. The molecule has 13 nitrogen and oxygen atoms in total. The third kappa shape index (κ3) is 9.54. The molecule has 1 aromatic rings. The van der Waals surface area contributed by atoms with E-state index < -0.39 is 11.8 Å². The molecule has 0 aliphatic carbocycles. The molecule has 0 heterocycles. The molecule has 0 radical (unpaired) electrons. The second kappa shape index (κ2) is 12.7. The topological polar surface area (TPSA) is 223 Å². The van der Waals surface area contributed by atoms with Crippen LogP contribution in [0, 0.1) is 0 Å². The van der Waals surface area contributed by atoms with E-state index in [9.17, 15) is 9.59 Å². The SMILES string of the molecule is CN(C)CCNC(=O)c1cc(C(N)=O)c(OCCN=C(N)N)cc1OCCN=C(N)N. The van der Waals surface area contributed by atoms with Gasteiger partial charge in [0.15, 0.2) is 11.9 Å². The molecule has 0 atom stereocenters. The summed E-state index contributed by atoms with van der Waals surface area (Å²) in [5, 5.41) is 2.76. The largest absolute Gasteiger partial charge is 0.491 e. The Bertz CT molecular complexity index is 816. The van der Waals surface area contributed by atoms with Gasteiger partial charge in [-0.1, -0.05) is 0 Å². The standard InChI is InChI=1S/C18H31N9O4/c1-27(2)6-3-24-16(29)12-9-11(15(19)28)13(30-7-4-25-17(20)21)10-14(12)31-8-5-26-18(22)23/h9-10H,3-8H2,1-2H3,(H2,19,28)(H,24,29)(H4,20,21,25)(H4,22,23,26). The van der Waals surface area contributed by atoms with Crippen LogP contribution in [-0.4, -0.2) is 82.1 Å². The van der Waals surface area contributed by atoms with Crippen molar-refractivity contribution in [1.82, 2.24) is 10.2 Å². The number of hydrogen-bond donors (Lipinski definition) is 6. The Labute approximate surface area is 180 Å². The Morgan fingerprint density at radius 1 is 0.903 bits per heavy atom. The highest BCUT2D eigenvalue weighted by Gasteiger charge is 2.20. The monoisotopic (exact) mass is 437 g/mol. The van der Waals surface area contributed by atoms with E-state index in [1.807, 2.05) is 19.0 Å². The molecule has 0 unspecified atom stereocenters. The Morgan fingerprint density at radius 3 is 1.87 bits per heavy atom. The van der Waals surface area contributed by atoms with Gasteiger partial charge in [0, 0.05) is 19.2 Å². The van der Waals surface area contributed by atoms with Gasteiger partial charge in [-0.25, -0.2) is 0 Å². The van der Waals surface area contributed by atoms with Crippen LogP contribution in [0.5, 0.6) is 11.5 Å². The molecule has 2 amide bonds. The minimum Gasteiger partial charge on any atom is -0.491 e. The molecule has 0 aliphatic rings. The number of carbonyl (C=O) groups excluding carboxylic acids is 2. The molecule has 172 valence electrons. The lowest BCUT2D eigenvalue weighted by molar-refractivity contribution is 0.0947. The van der Waals surface area contributed by atoms with Gasteiger partial charge in [0.05, 0.1) is 24.2 Å². The zero-order valence-corrected chi connectivity index (χ0v) is 17.8. The highest BCUT2D eigenvalue weighted by Crippen LogP contribution is 2.29. The van der Waals surface area contributed by atoms with Gasteiger partial charge in [-0.3, -0.25) is 19.6 Å². The van der Waals surface area contributed by atoms with Crippen LogP contribution in [0.25, 0.3) is 0 Å². The van der Waals surface area contributed by atoms with E-state index in [-0.39, 0.29) is 60.8 Å². The number of guanidine groups is 2. The van der Waals surface area contributed by atoms with Crippen LogP contribution in [0.15, 0.2) is 22.1 Å². The first-order valence-electron chi connectivity index (χ1n) is 9.39. The van der Waals surface area contributed by atoms with Crippen molar-refractivity contribution in [3.8, 4) is 11.5 Å². The van der Waals surface area contributed by atoms with Gasteiger partial charge in [-0.05, 0) is 20.2 Å². The molecule has 0 bridgehead atoms. The maximum Gasteiger partial charge on any atom is 0.255 e. The summed E-state index contributed by atoms with van der Waals surface area (Å²) < 4.78 is 11.2. The van der Waals surface area contributed by atoms with E-state index in [4.69, 9.17) is 38.1 Å². The zero-order valence-electron chi connectivity index (χ0n) is 17.8. The average molecular weight is 438 g/mol. The number of aliphatic imine (C=N–C) groups is 2. The van der Waals surface area contributed by atoms with Gasteiger partial charge in [0.2, 0.25) is 0 Å². The van der Waals surface area contributed by atoms with Gasteiger partial charge < -0.3 is 48.4 Å². The molecule has 1 rings (SSSR count). The van der Waals surface area contributed by atoms with Crippen LogP contribution in [0.4, 0.5) is 0 Å². The molecular formula is C18H31N9O4. The van der Waals surface area contributed by atoms with Crippen molar-refractivity contribution in [3.63, 3.8) is 0 Å². The molecule has 0 saturated carbocycles. The summed E-state index contributed by atoms with van der Waals surface area (Å²) >= 11 is 0. The summed E-state index contributed by atoms with van der Waals surface area (Å²) in [4.78, 5) is 34.2. The summed E-state index contributed by atoms with van der Waals surface area (Å²) in [6.45, 7) is 1.50. The number of ether oxygens (including phenoxy) is 2. The second-order valence-electron chi connectivity index (χ2n) is 6.58. The Hall–Kier alpha value is -3.74. The van der Waals surface area contributed by atoms with E-state index >= 15 is 0 Å². The average Bonchev–Trinajstić information content (AvgIpc) is 2.67. The van der Waals surface area contributed by atoms with Crippen molar-refractivity contribution < 1.29 is 19.1 Å². The fraction of sp³-hybridized carbons (Fsp3) is 0.444. The minimum atomic E-state index is -0.772. The third-order valence-electron chi connectivity index (χ3n) is 3.72. The van der Waals surface area contributed by atoms with E-state index in [2.05, 4.69) is 15.3 Å². The predicted molar refractivity (Wildman–Crippen MR) is 118 cm³/mol. The maximum atomic E-state index is 12.7. The summed E-state index contributed by atoms with van der Waals surface area (Å²) in [5.74, 6) is -1.08. The van der Waals surface area contributed by atoms with Crippen LogP contribution in [-0.2, 0) is 0 Å². The first-order valence-corrected chi connectivity index (χ1v) is 9.39. The third-order valence-corrected chi connectivity index (χ3v) is 3.72. The fourth-order valence-corrected chi connectivity index (χ4v) is 2.32. The van der Waals surface area contributed by atoms with E-state index in [0.717, 1.165) is 0 Å². The highest BCUT2D eigenvalue weighted by atomic mass is 16.5. The number of benzene rings is 1. The number of rotatable bonds is 13. The first kappa shape index (κ1) is 25.3. The molecule has 0 aliphatic heterocycles. The van der Waals surface area contributed by atoms with Crippen molar-refractivity contribution in [2.75, 3.05) is 53.5 Å². The number of nitrogens with one attached hydrogen (secondary N) is 1. The number of likely N-dealkylation sites (N-methyl/N-ethyl adjacent to an activating group) is 1. The summed E-state index contributed by atoms with van der Waals surface area (Å²) in [6.07, 6.45) is 0. The normalized spacial score (nSPS) is 10.3. The van der Waals surface area contributed by atoms with Gasteiger partial charge >= 0.3 is 0 Å². The smallest absolute Gasteiger partial charge is 0.255 e. The minimum absolute atomic E-state index is 0.0130. The lowest BCUT2D eigenvalue weighted by Gasteiger charge is -2.16. The van der Waals surface area contributed by atoms with Crippen LogP contribution in [0.1, 0.15) is 20.7 Å². The molecular weight excluding hydrogens is 406 g/mol. The maximum absolute atomic E-state index is 12.7. The molecule has 0 aromatic heterocycles. The van der Waals surface area contributed by atoms with Crippen LogP contribution in [0.3, 0.4) is 0 Å². The lowest BCUT2D eigenvalue weighted by Crippen LogP contribution is -2.32. The molecule has 0 fully saturated rings. The van der Waals surface area contributed by atoms with E-state index in [0.29, 0.717) is 13.1 Å². The summed E-state index contributed by atoms with van der Waals surface area (Å²) in [5.41, 5.74) is 26.8. The predicted octanol–water partition coefficient (Wildman–Crippen LogP) is -2.62. The van der Waals surface area contributed by atoms with Crippen molar-refractivity contribution >= 4 is 23.7 Å². The quantitative estimate of drug-likeness (QED) is 0.108. The van der Waals surface area contributed by atoms with Crippen molar-refractivity contribution in [3.05, 3.63) is 23.3 Å². The molecule has 0 spiro atoms. The van der Waals surface area contributed by atoms with Gasteiger partial charge in [0.25, 0.3) is 11.8 Å². The van der Waals surface area contributed by atoms with Crippen molar-refractivity contribution in [2.45, 2.75) is 0 Å². The van der Waals surface area contributed by atoms with Crippen molar-refractivity contribution in [2.24, 2.45) is 38.7 Å². The number of hydrogen-bond acceptors (Lipinski definition) is 7. The molecule has 1 aromatic carbocycles. The first-order chi connectivity index (χ1) is 14.6. The molecule has 31 heavy (non-hydrogen) atoms. The molecule has 13 heteroatoms. The van der Waals surface area contributed by atoms with E-state index in [1.54, 1.807) is 0 Å². The van der Waals surface area contributed by atoms with Gasteiger partial charge in [0.1, 0.15) is 24.7 Å². The van der Waals surface area contributed by atoms with Gasteiger partial charge in [-0.2, -0.15) is 0 Å². The lowest BCUT2D eigenvalue weighted by atomic mass is 10.1. The van der Waals surface area contributed by atoms with Crippen LogP contribution in [0.2, 0.25) is 0 Å². The van der Waals surface area contributed by atoms with Gasteiger partial charge in [-0.15, -0.1) is 0 Å². The number of nitrogens with zero attached hydrogens (tertiary/aromatic N) is 3. The Balaban J connectivity index is 3.16. The number of carbonyl (C=O) groups is 2. The summed E-state index contributed by atoms with van der Waals surface area (Å²) in [6, 6.07) is 2.73. The molecule has 11 N–H and O–H groups in total. The van der Waals surface area contributed by atoms with E-state index in [1.165, 1.54) is 12.1 Å². The van der Waals surface area contributed by atoms with Crippen LogP contribution >= 0.6 is 0 Å². The number of nitrogens with two attached hydrogens (primary N) is 5. The fourth-order valence-electron chi connectivity index (χ4n) is 2.32. The van der Waals surface area contributed by atoms with Crippen LogP contribution < -0.4 is 43.5 Å².